The average Bonchev–Trinajstić information content (AvgIpc) is 2.53. The third-order valence-electron chi connectivity index (χ3n) is 3.81. The van der Waals surface area contributed by atoms with Gasteiger partial charge >= 0.3 is 5.97 Å². The maximum atomic E-state index is 12.3. The molecule has 0 bridgehead atoms. The zero-order valence-electron chi connectivity index (χ0n) is 14.6. The highest BCUT2D eigenvalue weighted by molar-refractivity contribution is 7.98. The molecule has 0 aliphatic carbocycles. The summed E-state index contributed by atoms with van der Waals surface area (Å²) >= 11 is 1.54. The summed E-state index contributed by atoms with van der Waals surface area (Å²) in [5.74, 6) is -2.07. The molecule has 0 saturated heterocycles. The number of aliphatic hydroxyl groups excluding tert-OH is 1. The summed E-state index contributed by atoms with van der Waals surface area (Å²) in [4.78, 5) is 35.6. The first kappa shape index (κ1) is 22.7. The lowest BCUT2D eigenvalue weighted by atomic mass is 9.98. The normalized spacial score (nSPS) is 17.2. The second-order valence-corrected chi connectivity index (χ2v) is 6.81. The van der Waals surface area contributed by atoms with Crippen LogP contribution in [0.25, 0.3) is 0 Å². The average molecular weight is 363 g/mol. The van der Waals surface area contributed by atoms with E-state index in [1.165, 1.54) is 6.92 Å². The molecule has 0 unspecified atom stereocenters. The Bertz CT molecular complexity index is 433. The monoisotopic (exact) mass is 363 g/mol. The number of amides is 2. The number of carboxylic acid groups (broad SMARTS) is 1. The van der Waals surface area contributed by atoms with Gasteiger partial charge in [-0.15, -0.1) is 0 Å². The lowest BCUT2D eigenvalue weighted by molar-refractivity contribution is -0.144. The van der Waals surface area contributed by atoms with Gasteiger partial charge in [0.25, 0.3) is 0 Å². The Hall–Kier alpha value is -1.32. The van der Waals surface area contributed by atoms with Crippen LogP contribution in [0.3, 0.4) is 0 Å². The van der Waals surface area contributed by atoms with E-state index in [0.717, 1.165) is 0 Å². The number of carbonyl (C=O) groups excluding carboxylic acids is 2. The summed E-state index contributed by atoms with van der Waals surface area (Å²) in [6, 6.07) is -3.15. The first-order valence-electron chi connectivity index (χ1n) is 7.91. The maximum Gasteiger partial charge on any atom is 0.326 e. The van der Waals surface area contributed by atoms with Crippen molar-refractivity contribution >= 4 is 29.5 Å². The largest absolute Gasteiger partial charge is 0.480 e. The highest BCUT2D eigenvalue weighted by Crippen LogP contribution is 2.09. The number of aliphatic hydroxyl groups is 1. The van der Waals surface area contributed by atoms with Crippen LogP contribution in [0.15, 0.2) is 0 Å². The highest BCUT2D eigenvalue weighted by atomic mass is 32.2. The molecule has 0 aromatic carbocycles. The second-order valence-electron chi connectivity index (χ2n) is 5.82. The minimum Gasteiger partial charge on any atom is -0.480 e. The number of nitrogens with one attached hydrogen (secondary N) is 2. The van der Waals surface area contributed by atoms with E-state index in [9.17, 15) is 24.6 Å². The van der Waals surface area contributed by atoms with Gasteiger partial charge in [-0.1, -0.05) is 20.3 Å². The number of carboxylic acids is 1. The summed E-state index contributed by atoms with van der Waals surface area (Å²) in [5, 5.41) is 23.8. The van der Waals surface area contributed by atoms with E-state index < -0.39 is 42.0 Å². The van der Waals surface area contributed by atoms with E-state index in [4.69, 9.17) is 5.73 Å². The van der Waals surface area contributed by atoms with Crippen molar-refractivity contribution in [2.45, 2.75) is 57.8 Å². The minimum absolute atomic E-state index is 0.291. The first-order chi connectivity index (χ1) is 11.1. The predicted molar refractivity (Wildman–Crippen MR) is 93.6 cm³/mol. The number of carbonyl (C=O) groups is 3. The number of thioether (sulfide) groups is 1. The van der Waals surface area contributed by atoms with E-state index >= 15 is 0 Å². The Morgan fingerprint density at radius 3 is 2.08 bits per heavy atom. The summed E-state index contributed by atoms with van der Waals surface area (Å²) in [7, 11) is 0. The van der Waals surface area contributed by atoms with Crippen LogP contribution in [-0.4, -0.2) is 64.2 Å². The molecule has 0 radical (unpaired) electrons. The lowest BCUT2D eigenvalue weighted by Gasteiger charge is -2.26. The molecular formula is C15H29N3O5S. The Morgan fingerprint density at radius 2 is 1.67 bits per heavy atom. The van der Waals surface area contributed by atoms with Gasteiger partial charge in [0.05, 0.1) is 12.1 Å². The van der Waals surface area contributed by atoms with Gasteiger partial charge in [0.15, 0.2) is 0 Å². The van der Waals surface area contributed by atoms with E-state index in [-0.39, 0.29) is 5.92 Å². The summed E-state index contributed by atoms with van der Waals surface area (Å²) in [5.41, 5.74) is 5.74. The van der Waals surface area contributed by atoms with Crippen molar-refractivity contribution in [2.24, 2.45) is 11.7 Å². The van der Waals surface area contributed by atoms with Crippen molar-refractivity contribution in [1.29, 1.82) is 0 Å². The standard InChI is InChI=1S/C15H29N3O5S/c1-5-8(2)11(15(22)23)17-14(21)12(9(3)19)18-13(20)10(16)6-7-24-4/h8-12,19H,5-7,16H2,1-4H3,(H,17,21)(H,18,20)(H,22,23)/t8-,9+,10-,11-,12-/m0/s1. The van der Waals surface area contributed by atoms with Gasteiger partial charge < -0.3 is 26.6 Å². The van der Waals surface area contributed by atoms with Crippen LogP contribution in [0.5, 0.6) is 0 Å². The molecule has 0 aliphatic heterocycles. The van der Waals surface area contributed by atoms with Crippen LogP contribution in [0.1, 0.15) is 33.6 Å². The number of nitrogens with two attached hydrogens (primary N) is 1. The van der Waals surface area contributed by atoms with Crippen molar-refractivity contribution in [1.82, 2.24) is 10.6 Å². The van der Waals surface area contributed by atoms with Gasteiger partial charge in [-0.05, 0) is 31.3 Å². The smallest absolute Gasteiger partial charge is 0.326 e. The van der Waals surface area contributed by atoms with Crippen LogP contribution in [-0.2, 0) is 14.4 Å². The molecule has 0 heterocycles. The van der Waals surface area contributed by atoms with Gasteiger partial charge in [-0.2, -0.15) is 11.8 Å². The molecule has 5 atom stereocenters. The number of aliphatic carboxylic acids is 1. The summed E-state index contributed by atoms with van der Waals surface area (Å²) in [6.45, 7) is 4.86. The van der Waals surface area contributed by atoms with E-state index in [1.807, 2.05) is 13.2 Å². The molecule has 0 aliphatic rings. The number of rotatable bonds is 11. The zero-order chi connectivity index (χ0) is 18.9. The molecule has 2 amide bonds. The van der Waals surface area contributed by atoms with Crippen molar-refractivity contribution in [2.75, 3.05) is 12.0 Å². The molecular weight excluding hydrogens is 334 g/mol. The van der Waals surface area contributed by atoms with Crippen molar-refractivity contribution in [3.8, 4) is 0 Å². The molecule has 6 N–H and O–H groups in total. The summed E-state index contributed by atoms with van der Waals surface area (Å²) in [6.07, 6.45) is 1.69. The van der Waals surface area contributed by atoms with Crippen LogP contribution in [0.4, 0.5) is 0 Å². The van der Waals surface area contributed by atoms with Gasteiger partial charge in [0.1, 0.15) is 12.1 Å². The van der Waals surface area contributed by atoms with Gasteiger partial charge in [0.2, 0.25) is 11.8 Å². The fraction of sp³-hybridized carbons (Fsp3) is 0.800. The maximum absolute atomic E-state index is 12.3. The molecule has 8 nitrogen and oxygen atoms in total. The van der Waals surface area contributed by atoms with E-state index in [1.54, 1.807) is 18.7 Å². The zero-order valence-corrected chi connectivity index (χ0v) is 15.4. The second kappa shape index (κ2) is 11.3. The lowest BCUT2D eigenvalue weighted by Crippen LogP contribution is -2.59. The minimum atomic E-state index is -1.26. The summed E-state index contributed by atoms with van der Waals surface area (Å²) < 4.78 is 0. The quantitative estimate of drug-likeness (QED) is 0.334. The van der Waals surface area contributed by atoms with Crippen molar-refractivity contribution in [3.63, 3.8) is 0 Å². The van der Waals surface area contributed by atoms with Crippen molar-refractivity contribution in [3.05, 3.63) is 0 Å². The topological polar surface area (TPSA) is 142 Å². The van der Waals surface area contributed by atoms with E-state index in [0.29, 0.717) is 18.6 Å². The van der Waals surface area contributed by atoms with Gasteiger partial charge in [-0.25, -0.2) is 4.79 Å². The van der Waals surface area contributed by atoms with E-state index in [2.05, 4.69) is 10.6 Å². The van der Waals surface area contributed by atoms with Crippen LogP contribution in [0.2, 0.25) is 0 Å². The van der Waals surface area contributed by atoms with Crippen LogP contribution < -0.4 is 16.4 Å². The molecule has 0 aromatic heterocycles. The SMILES string of the molecule is CC[C@H](C)[C@H](NC(=O)[C@@H](NC(=O)[C@@H](N)CCSC)[C@@H](C)O)C(=O)O. The number of hydrogen-bond donors (Lipinski definition) is 5. The molecule has 0 spiro atoms. The Balaban J connectivity index is 4.94. The fourth-order valence-corrected chi connectivity index (χ4v) is 2.46. The molecule has 140 valence electrons. The van der Waals surface area contributed by atoms with Crippen LogP contribution in [0, 0.1) is 5.92 Å². The third kappa shape index (κ3) is 7.50. The molecule has 0 saturated carbocycles. The molecule has 0 aromatic rings. The highest BCUT2D eigenvalue weighted by Gasteiger charge is 2.32. The first-order valence-corrected chi connectivity index (χ1v) is 9.31. The predicted octanol–water partition coefficient (Wildman–Crippen LogP) is -0.452. The van der Waals surface area contributed by atoms with Crippen LogP contribution >= 0.6 is 11.8 Å². The molecule has 0 rings (SSSR count). The van der Waals surface area contributed by atoms with Crippen molar-refractivity contribution < 1.29 is 24.6 Å². The third-order valence-corrected chi connectivity index (χ3v) is 4.45. The molecule has 9 heteroatoms. The van der Waals surface area contributed by atoms with Gasteiger partial charge in [0, 0.05) is 0 Å². The molecule has 24 heavy (non-hydrogen) atoms. The van der Waals surface area contributed by atoms with Gasteiger partial charge in [-0.3, -0.25) is 9.59 Å². The number of hydrogen-bond acceptors (Lipinski definition) is 6. The Morgan fingerprint density at radius 1 is 1.12 bits per heavy atom. The fourth-order valence-electron chi connectivity index (χ4n) is 1.97. The Labute approximate surface area is 146 Å². The molecule has 0 fully saturated rings. The Kier molecular flexibility index (Phi) is 10.7.